The average Bonchev–Trinajstić information content (AvgIpc) is 2.25. The van der Waals surface area contributed by atoms with Crippen molar-refractivity contribution in [2.24, 2.45) is 17.3 Å². The van der Waals surface area contributed by atoms with Crippen LogP contribution in [0.25, 0.3) is 0 Å². The number of aryl methyl sites for hydroxylation is 1. The van der Waals surface area contributed by atoms with Gasteiger partial charge in [0.15, 0.2) is 0 Å². The Labute approximate surface area is 121 Å². The zero-order valence-electron chi connectivity index (χ0n) is 12.9. The molecule has 1 saturated carbocycles. The highest BCUT2D eigenvalue weighted by Crippen LogP contribution is 2.47. The third-order valence-electron chi connectivity index (χ3n) is 4.85. The van der Waals surface area contributed by atoms with Crippen molar-refractivity contribution in [2.45, 2.75) is 59.0 Å². The first-order valence-corrected chi connectivity index (χ1v) is 8.35. The molecule has 106 valence electrons. The van der Waals surface area contributed by atoms with Crippen LogP contribution in [0.3, 0.4) is 0 Å². The Hall–Kier alpha value is -0.350. The summed E-state index contributed by atoms with van der Waals surface area (Å²) in [6.07, 6.45) is 5.62. The zero-order chi connectivity index (χ0) is 14.0. The van der Waals surface area contributed by atoms with Crippen LogP contribution in [-0.4, -0.2) is 0 Å². The zero-order valence-corrected chi connectivity index (χ0v) is 14.1. The molecule has 0 heterocycles. The molecule has 19 heavy (non-hydrogen) atoms. The minimum atomic E-state index is 0.522. The summed E-state index contributed by atoms with van der Waals surface area (Å²) in [6, 6.07) is 9.02. The van der Waals surface area contributed by atoms with Crippen molar-refractivity contribution < 1.29 is 0 Å². The summed E-state index contributed by atoms with van der Waals surface area (Å²) in [4.78, 5) is 0. The molecule has 1 aliphatic rings. The first kappa shape index (κ1) is 15.0. The van der Waals surface area contributed by atoms with Crippen LogP contribution in [0.2, 0.25) is 0 Å². The molecule has 1 fully saturated rings. The molecule has 0 bridgehead atoms. The summed E-state index contributed by atoms with van der Waals surface area (Å²) in [5.74, 6) is 1.94. The predicted octanol–water partition coefficient (Wildman–Crippen LogP) is 5.76. The fourth-order valence-corrected chi connectivity index (χ4v) is 3.49. The Balaban J connectivity index is 1.74. The quantitative estimate of drug-likeness (QED) is 0.613. The van der Waals surface area contributed by atoms with Crippen molar-refractivity contribution in [1.29, 1.82) is 0 Å². The van der Waals surface area contributed by atoms with Gasteiger partial charge in [-0.15, -0.1) is 9.24 Å². The van der Waals surface area contributed by atoms with Gasteiger partial charge < -0.3 is 0 Å². The second-order valence-electron chi connectivity index (χ2n) is 7.49. The SMILES string of the molecule is Cc1ccc(C(P)CCC2CC(C(C)(C)C)C2)cc1. The summed E-state index contributed by atoms with van der Waals surface area (Å²) < 4.78 is 0. The lowest BCUT2D eigenvalue weighted by Crippen LogP contribution is -2.33. The second-order valence-corrected chi connectivity index (χ2v) is 8.30. The van der Waals surface area contributed by atoms with E-state index in [2.05, 4.69) is 61.2 Å². The minimum Gasteiger partial charge on any atom is -0.130 e. The van der Waals surface area contributed by atoms with Gasteiger partial charge >= 0.3 is 0 Å². The van der Waals surface area contributed by atoms with Gasteiger partial charge in [0.05, 0.1) is 0 Å². The molecule has 2 atom stereocenters. The van der Waals surface area contributed by atoms with Crippen LogP contribution in [0.5, 0.6) is 0 Å². The van der Waals surface area contributed by atoms with E-state index in [1.165, 1.54) is 36.8 Å². The molecule has 0 radical (unpaired) electrons. The summed E-state index contributed by atoms with van der Waals surface area (Å²) >= 11 is 0. The molecule has 0 saturated heterocycles. The molecule has 0 N–H and O–H groups in total. The van der Waals surface area contributed by atoms with E-state index in [0.29, 0.717) is 11.1 Å². The lowest BCUT2D eigenvalue weighted by molar-refractivity contribution is 0.0698. The highest BCUT2D eigenvalue weighted by molar-refractivity contribution is 7.17. The number of hydrogen-bond acceptors (Lipinski definition) is 0. The lowest BCUT2D eigenvalue weighted by Gasteiger charge is -2.44. The summed E-state index contributed by atoms with van der Waals surface area (Å²) in [5, 5.41) is 0. The molecular weight excluding hydrogens is 247 g/mol. The largest absolute Gasteiger partial charge is 0.130 e. The number of benzene rings is 1. The highest BCUT2D eigenvalue weighted by atomic mass is 31.0. The van der Waals surface area contributed by atoms with Crippen LogP contribution < -0.4 is 0 Å². The molecule has 2 unspecified atom stereocenters. The van der Waals surface area contributed by atoms with Gasteiger partial charge in [0.1, 0.15) is 0 Å². The fraction of sp³-hybridized carbons (Fsp3) is 0.667. The summed E-state index contributed by atoms with van der Waals surface area (Å²) in [7, 11) is 3.03. The molecule has 0 aromatic heterocycles. The van der Waals surface area contributed by atoms with Gasteiger partial charge in [-0.1, -0.05) is 50.6 Å². The molecule has 1 heteroatoms. The van der Waals surface area contributed by atoms with Crippen molar-refractivity contribution in [2.75, 3.05) is 0 Å². The van der Waals surface area contributed by atoms with E-state index in [9.17, 15) is 0 Å². The monoisotopic (exact) mass is 276 g/mol. The van der Waals surface area contributed by atoms with Crippen molar-refractivity contribution in [3.63, 3.8) is 0 Å². The molecule has 1 aromatic rings. The van der Waals surface area contributed by atoms with E-state index in [0.717, 1.165) is 11.8 Å². The van der Waals surface area contributed by atoms with E-state index in [1.54, 1.807) is 0 Å². The Bertz CT molecular complexity index is 393. The molecule has 0 spiro atoms. The van der Waals surface area contributed by atoms with Crippen LogP contribution >= 0.6 is 9.24 Å². The Kier molecular flexibility index (Phi) is 4.72. The van der Waals surface area contributed by atoms with E-state index in [4.69, 9.17) is 0 Å². The first-order chi connectivity index (χ1) is 8.86. The molecule has 1 aromatic carbocycles. The molecular formula is C18H29P. The van der Waals surface area contributed by atoms with Gasteiger partial charge in [-0.05, 0) is 61.1 Å². The van der Waals surface area contributed by atoms with Crippen LogP contribution in [0.4, 0.5) is 0 Å². The van der Waals surface area contributed by atoms with Crippen LogP contribution in [-0.2, 0) is 0 Å². The second kappa shape index (κ2) is 5.96. The normalized spacial score (nSPS) is 24.9. The number of hydrogen-bond donors (Lipinski definition) is 0. The fourth-order valence-electron chi connectivity index (χ4n) is 3.07. The minimum absolute atomic E-state index is 0.522. The standard InChI is InChI=1S/C18H29P/c1-13-5-8-15(9-6-13)17(19)10-7-14-11-16(12-14)18(2,3)4/h5-6,8-9,14,16-17H,7,10-12,19H2,1-4H3. The van der Waals surface area contributed by atoms with E-state index >= 15 is 0 Å². The lowest BCUT2D eigenvalue weighted by atomic mass is 9.62. The molecule has 2 rings (SSSR count). The molecule has 0 nitrogen and oxygen atoms in total. The predicted molar refractivity (Wildman–Crippen MR) is 88.5 cm³/mol. The van der Waals surface area contributed by atoms with E-state index in [1.807, 2.05) is 0 Å². The Morgan fingerprint density at radius 2 is 1.74 bits per heavy atom. The van der Waals surface area contributed by atoms with Gasteiger partial charge in [0.2, 0.25) is 0 Å². The maximum Gasteiger partial charge on any atom is -0.00145 e. The maximum atomic E-state index is 3.03. The maximum absolute atomic E-state index is 3.03. The smallest absolute Gasteiger partial charge is 0.00145 e. The molecule has 0 amide bonds. The van der Waals surface area contributed by atoms with Crippen LogP contribution in [0.1, 0.15) is 63.2 Å². The Morgan fingerprint density at radius 3 is 2.26 bits per heavy atom. The van der Waals surface area contributed by atoms with Crippen molar-refractivity contribution in [3.8, 4) is 0 Å². The van der Waals surface area contributed by atoms with Gasteiger partial charge in [-0.25, -0.2) is 0 Å². The van der Waals surface area contributed by atoms with Crippen molar-refractivity contribution in [1.82, 2.24) is 0 Å². The van der Waals surface area contributed by atoms with E-state index < -0.39 is 0 Å². The topological polar surface area (TPSA) is 0 Å². The number of rotatable bonds is 4. The average molecular weight is 276 g/mol. The molecule has 0 aliphatic heterocycles. The Morgan fingerprint density at radius 1 is 1.16 bits per heavy atom. The van der Waals surface area contributed by atoms with Crippen LogP contribution in [0.15, 0.2) is 24.3 Å². The van der Waals surface area contributed by atoms with Crippen LogP contribution in [0, 0.1) is 24.2 Å². The summed E-state index contributed by atoms with van der Waals surface area (Å²) in [5.41, 5.74) is 3.98. The van der Waals surface area contributed by atoms with E-state index in [-0.39, 0.29) is 0 Å². The van der Waals surface area contributed by atoms with Gasteiger partial charge in [-0.3, -0.25) is 0 Å². The highest BCUT2D eigenvalue weighted by Gasteiger charge is 2.36. The summed E-state index contributed by atoms with van der Waals surface area (Å²) in [6.45, 7) is 9.32. The first-order valence-electron chi connectivity index (χ1n) is 7.68. The van der Waals surface area contributed by atoms with Gasteiger partial charge in [-0.2, -0.15) is 0 Å². The van der Waals surface area contributed by atoms with Gasteiger partial charge in [0.25, 0.3) is 0 Å². The van der Waals surface area contributed by atoms with Crippen molar-refractivity contribution in [3.05, 3.63) is 35.4 Å². The van der Waals surface area contributed by atoms with Gasteiger partial charge in [0, 0.05) is 0 Å². The van der Waals surface area contributed by atoms with Crippen molar-refractivity contribution >= 4 is 9.24 Å². The third kappa shape index (κ3) is 4.06. The molecule has 1 aliphatic carbocycles. The third-order valence-corrected chi connectivity index (χ3v) is 5.57.